The Balaban J connectivity index is 1.61. The number of rotatable bonds is 4. The number of likely N-dealkylation sites (N-methyl/N-ethyl adjacent to an activating group) is 1. The fourth-order valence-corrected chi connectivity index (χ4v) is 4.14. The average Bonchev–Trinajstić information content (AvgIpc) is 2.94. The minimum atomic E-state index is -0.715. The molecule has 5 nitrogen and oxygen atoms in total. The standard InChI is InChI=1S/C15H23N3O2S/c1-16-5-7-17(8-6-16)9-10-18-4-2-13-12(3-11-21-13)14(18)15(19)20/h3,11,14H,2,4-10H2,1H3,(H,19,20). The van der Waals surface area contributed by atoms with Crippen molar-refractivity contribution in [1.29, 1.82) is 0 Å². The zero-order valence-corrected chi connectivity index (χ0v) is 13.3. The molecular weight excluding hydrogens is 286 g/mol. The van der Waals surface area contributed by atoms with E-state index in [2.05, 4.69) is 21.7 Å². The first-order chi connectivity index (χ1) is 10.1. The first-order valence-electron chi connectivity index (χ1n) is 7.59. The number of thiophene rings is 1. The summed E-state index contributed by atoms with van der Waals surface area (Å²) in [6.07, 6.45) is 0.986. The van der Waals surface area contributed by atoms with Gasteiger partial charge in [-0.05, 0) is 30.5 Å². The normalized spacial score (nSPS) is 24.9. The molecule has 21 heavy (non-hydrogen) atoms. The molecule has 0 aliphatic carbocycles. The van der Waals surface area contributed by atoms with Crippen molar-refractivity contribution in [1.82, 2.24) is 14.7 Å². The zero-order chi connectivity index (χ0) is 14.8. The molecule has 0 radical (unpaired) electrons. The molecule has 0 bridgehead atoms. The Morgan fingerprint density at radius 2 is 2.05 bits per heavy atom. The van der Waals surface area contributed by atoms with E-state index in [-0.39, 0.29) is 0 Å². The molecule has 0 saturated carbocycles. The maximum Gasteiger partial charge on any atom is 0.325 e. The number of carbonyl (C=O) groups is 1. The van der Waals surface area contributed by atoms with Crippen molar-refractivity contribution in [2.75, 3.05) is 52.9 Å². The molecule has 1 aromatic heterocycles. The number of nitrogens with zero attached hydrogens (tertiary/aromatic N) is 3. The third kappa shape index (κ3) is 3.29. The van der Waals surface area contributed by atoms with Crippen LogP contribution in [0, 0.1) is 0 Å². The Kier molecular flexibility index (Phi) is 4.59. The van der Waals surface area contributed by atoms with E-state index in [4.69, 9.17) is 0 Å². The Bertz CT molecular complexity index is 497. The summed E-state index contributed by atoms with van der Waals surface area (Å²) >= 11 is 1.69. The van der Waals surface area contributed by atoms with Crippen molar-refractivity contribution < 1.29 is 9.90 Å². The van der Waals surface area contributed by atoms with Crippen LogP contribution in [-0.4, -0.2) is 78.6 Å². The summed E-state index contributed by atoms with van der Waals surface area (Å²) in [6, 6.07) is 1.54. The molecule has 0 amide bonds. The largest absolute Gasteiger partial charge is 0.480 e. The molecule has 116 valence electrons. The van der Waals surface area contributed by atoms with E-state index >= 15 is 0 Å². The van der Waals surface area contributed by atoms with Crippen LogP contribution in [0.4, 0.5) is 0 Å². The maximum atomic E-state index is 11.7. The summed E-state index contributed by atoms with van der Waals surface area (Å²) in [4.78, 5) is 19.8. The number of piperazine rings is 1. The van der Waals surface area contributed by atoms with Crippen LogP contribution >= 0.6 is 11.3 Å². The number of hydrogen-bond donors (Lipinski definition) is 1. The molecule has 6 heteroatoms. The molecular formula is C15H23N3O2S. The molecule has 1 atom stereocenters. The second kappa shape index (κ2) is 6.44. The lowest BCUT2D eigenvalue weighted by molar-refractivity contribution is -0.144. The van der Waals surface area contributed by atoms with E-state index in [1.807, 2.05) is 11.4 Å². The third-order valence-corrected chi connectivity index (χ3v) is 5.60. The van der Waals surface area contributed by atoms with Gasteiger partial charge in [0.25, 0.3) is 0 Å². The van der Waals surface area contributed by atoms with Crippen LogP contribution in [0.15, 0.2) is 11.4 Å². The van der Waals surface area contributed by atoms with Gasteiger partial charge in [0.1, 0.15) is 6.04 Å². The van der Waals surface area contributed by atoms with Gasteiger partial charge in [0.2, 0.25) is 0 Å². The smallest absolute Gasteiger partial charge is 0.325 e. The van der Waals surface area contributed by atoms with Crippen LogP contribution in [-0.2, 0) is 11.2 Å². The Hall–Kier alpha value is -0.950. The van der Waals surface area contributed by atoms with Crippen molar-refractivity contribution in [2.45, 2.75) is 12.5 Å². The summed E-state index contributed by atoms with van der Waals surface area (Å²) in [5.74, 6) is -0.715. The number of carboxylic acid groups (broad SMARTS) is 1. The van der Waals surface area contributed by atoms with Gasteiger partial charge in [-0.15, -0.1) is 11.3 Å². The molecule has 1 fully saturated rings. The molecule has 1 N–H and O–H groups in total. The van der Waals surface area contributed by atoms with Crippen molar-refractivity contribution in [3.63, 3.8) is 0 Å². The second-order valence-electron chi connectivity index (χ2n) is 5.97. The summed E-state index contributed by atoms with van der Waals surface area (Å²) in [6.45, 7) is 7.07. The van der Waals surface area contributed by atoms with Crippen molar-refractivity contribution >= 4 is 17.3 Å². The fourth-order valence-electron chi connectivity index (χ4n) is 3.24. The van der Waals surface area contributed by atoms with Gasteiger partial charge in [-0.3, -0.25) is 14.6 Å². The van der Waals surface area contributed by atoms with Crippen LogP contribution in [0.1, 0.15) is 16.5 Å². The highest BCUT2D eigenvalue weighted by atomic mass is 32.1. The summed E-state index contributed by atoms with van der Waals surface area (Å²) in [5.41, 5.74) is 1.01. The summed E-state index contributed by atoms with van der Waals surface area (Å²) in [5, 5.41) is 11.6. The van der Waals surface area contributed by atoms with E-state index in [9.17, 15) is 9.90 Å². The van der Waals surface area contributed by atoms with Crippen LogP contribution in [0.25, 0.3) is 0 Å². The first kappa shape index (κ1) is 15.0. The molecule has 1 aromatic rings. The van der Waals surface area contributed by atoms with Crippen LogP contribution in [0.2, 0.25) is 0 Å². The topological polar surface area (TPSA) is 47.0 Å². The van der Waals surface area contributed by atoms with Gasteiger partial charge in [0.15, 0.2) is 0 Å². The Morgan fingerprint density at radius 1 is 1.29 bits per heavy atom. The minimum absolute atomic E-state index is 0.451. The zero-order valence-electron chi connectivity index (χ0n) is 12.5. The highest BCUT2D eigenvalue weighted by molar-refractivity contribution is 7.10. The predicted octanol–water partition coefficient (Wildman–Crippen LogP) is 0.979. The van der Waals surface area contributed by atoms with E-state index in [1.165, 1.54) is 4.88 Å². The minimum Gasteiger partial charge on any atom is -0.480 e. The van der Waals surface area contributed by atoms with Gasteiger partial charge in [-0.1, -0.05) is 0 Å². The first-order valence-corrected chi connectivity index (χ1v) is 8.47. The van der Waals surface area contributed by atoms with Gasteiger partial charge in [-0.25, -0.2) is 0 Å². The van der Waals surface area contributed by atoms with Gasteiger partial charge in [0, 0.05) is 50.7 Å². The highest BCUT2D eigenvalue weighted by Crippen LogP contribution is 2.33. The molecule has 1 saturated heterocycles. The summed E-state index contributed by atoms with van der Waals surface area (Å²) in [7, 11) is 2.15. The predicted molar refractivity (Wildman–Crippen MR) is 83.9 cm³/mol. The quantitative estimate of drug-likeness (QED) is 0.898. The Labute approximate surface area is 129 Å². The highest BCUT2D eigenvalue weighted by Gasteiger charge is 2.33. The SMILES string of the molecule is CN1CCN(CCN2CCc3sccc3C2C(=O)O)CC1. The van der Waals surface area contributed by atoms with E-state index in [0.717, 1.165) is 57.8 Å². The van der Waals surface area contributed by atoms with Gasteiger partial charge in [0.05, 0.1) is 0 Å². The molecule has 2 aliphatic rings. The molecule has 1 unspecified atom stereocenters. The second-order valence-corrected chi connectivity index (χ2v) is 6.97. The van der Waals surface area contributed by atoms with Gasteiger partial charge >= 0.3 is 5.97 Å². The molecule has 0 aromatic carbocycles. The maximum absolute atomic E-state index is 11.7. The number of fused-ring (bicyclic) bond motifs is 1. The monoisotopic (exact) mass is 309 g/mol. The fraction of sp³-hybridized carbons (Fsp3) is 0.667. The van der Waals surface area contributed by atoms with E-state index < -0.39 is 12.0 Å². The van der Waals surface area contributed by atoms with E-state index in [1.54, 1.807) is 11.3 Å². The van der Waals surface area contributed by atoms with E-state index in [0.29, 0.717) is 0 Å². The van der Waals surface area contributed by atoms with Crippen LogP contribution < -0.4 is 0 Å². The molecule has 3 heterocycles. The molecule has 2 aliphatic heterocycles. The lowest BCUT2D eigenvalue weighted by atomic mass is 10.00. The average molecular weight is 309 g/mol. The van der Waals surface area contributed by atoms with Gasteiger partial charge in [-0.2, -0.15) is 0 Å². The van der Waals surface area contributed by atoms with Crippen LogP contribution in [0.5, 0.6) is 0 Å². The van der Waals surface area contributed by atoms with Crippen molar-refractivity contribution in [3.05, 3.63) is 21.9 Å². The number of carboxylic acids is 1. The summed E-state index contributed by atoms with van der Waals surface area (Å²) < 4.78 is 0. The third-order valence-electron chi connectivity index (χ3n) is 4.60. The Morgan fingerprint density at radius 3 is 2.76 bits per heavy atom. The molecule has 3 rings (SSSR count). The number of aliphatic carboxylic acids is 1. The lowest BCUT2D eigenvalue weighted by Crippen LogP contribution is -2.48. The number of hydrogen-bond acceptors (Lipinski definition) is 5. The van der Waals surface area contributed by atoms with Crippen molar-refractivity contribution in [2.24, 2.45) is 0 Å². The molecule has 0 spiro atoms. The van der Waals surface area contributed by atoms with Crippen LogP contribution in [0.3, 0.4) is 0 Å². The van der Waals surface area contributed by atoms with Gasteiger partial charge < -0.3 is 10.0 Å². The van der Waals surface area contributed by atoms with Crippen molar-refractivity contribution in [3.8, 4) is 0 Å². The lowest BCUT2D eigenvalue weighted by Gasteiger charge is -2.37.